The summed E-state index contributed by atoms with van der Waals surface area (Å²) >= 11 is 0. The van der Waals surface area contributed by atoms with Crippen molar-refractivity contribution >= 4 is 20.8 Å². The molecule has 3 rings (SSSR count). The summed E-state index contributed by atoms with van der Waals surface area (Å²) in [4.78, 5) is 4.37. The van der Waals surface area contributed by atoms with Crippen LogP contribution in [0.1, 0.15) is 19.8 Å². The van der Waals surface area contributed by atoms with Crippen LogP contribution in [0, 0.1) is 0 Å². The van der Waals surface area contributed by atoms with E-state index in [0.717, 1.165) is 18.2 Å². The highest BCUT2D eigenvalue weighted by molar-refractivity contribution is 7.89. The lowest BCUT2D eigenvalue weighted by Crippen LogP contribution is -2.68. The molecule has 1 aliphatic rings. The fourth-order valence-corrected chi connectivity index (χ4v) is 4.79. The Morgan fingerprint density at radius 3 is 2.81 bits per heavy atom. The Labute approximate surface area is 124 Å². The molecule has 0 radical (unpaired) electrons. The van der Waals surface area contributed by atoms with E-state index in [1.807, 2.05) is 6.07 Å². The molecule has 0 amide bonds. The predicted molar refractivity (Wildman–Crippen MR) is 82.3 cm³/mol. The molecule has 5 nitrogen and oxygen atoms in total. The molecule has 0 saturated carbocycles. The van der Waals surface area contributed by atoms with E-state index in [4.69, 9.17) is 5.73 Å². The van der Waals surface area contributed by atoms with E-state index in [1.54, 1.807) is 30.6 Å². The van der Waals surface area contributed by atoms with E-state index in [2.05, 4.69) is 11.9 Å². The van der Waals surface area contributed by atoms with Crippen molar-refractivity contribution in [3.05, 3.63) is 36.7 Å². The number of pyridine rings is 1. The fourth-order valence-electron chi connectivity index (χ4n) is 2.94. The SMILES string of the molecule is CCCC1(N)CN(S(=O)(=O)c2cccc3cnccc23)C1. The van der Waals surface area contributed by atoms with Crippen LogP contribution in [0.15, 0.2) is 41.6 Å². The van der Waals surface area contributed by atoms with E-state index in [1.165, 1.54) is 4.31 Å². The van der Waals surface area contributed by atoms with E-state index in [-0.39, 0.29) is 5.54 Å². The Balaban J connectivity index is 1.96. The zero-order valence-corrected chi connectivity index (χ0v) is 12.8. The number of nitrogens with zero attached hydrogens (tertiary/aromatic N) is 2. The fraction of sp³-hybridized carbons (Fsp3) is 0.400. The molecule has 0 spiro atoms. The molecule has 0 bridgehead atoms. The number of fused-ring (bicyclic) bond motifs is 1. The number of aromatic nitrogens is 1. The van der Waals surface area contributed by atoms with E-state index >= 15 is 0 Å². The minimum Gasteiger partial charge on any atom is -0.323 e. The predicted octanol–water partition coefficient (Wildman–Crippen LogP) is 1.74. The third-order valence-corrected chi connectivity index (χ3v) is 5.84. The maximum atomic E-state index is 12.8. The van der Waals surface area contributed by atoms with Gasteiger partial charge in [-0.3, -0.25) is 4.98 Å². The van der Waals surface area contributed by atoms with Crippen LogP contribution in [0.2, 0.25) is 0 Å². The second kappa shape index (κ2) is 5.05. The van der Waals surface area contributed by atoms with Crippen molar-refractivity contribution in [2.24, 2.45) is 5.73 Å². The largest absolute Gasteiger partial charge is 0.323 e. The maximum Gasteiger partial charge on any atom is 0.243 e. The maximum absolute atomic E-state index is 12.8. The molecule has 2 N–H and O–H groups in total. The van der Waals surface area contributed by atoms with Gasteiger partial charge in [0.25, 0.3) is 0 Å². The molecule has 6 heteroatoms. The molecule has 1 fully saturated rings. The lowest BCUT2D eigenvalue weighted by atomic mass is 9.89. The van der Waals surface area contributed by atoms with E-state index in [9.17, 15) is 8.42 Å². The summed E-state index contributed by atoms with van der Waals surface area (Å²) in [5.74, 6) is 0. The Morgan fingerprint density at radius 2 is 2.10 bits per heavy atom. The van der Waals surface area contributed by atoms with Gasteiger partial charge in [-0.1, -0.05) is 25.5 Å². The average Bonchev–Trinajstić information content (AvgIpc) is 2.44. The Bertz CT molecular complexity index is 762. The summed E-state index contributed by atoms with van der Waals surface area (Å²) in [6.45, 7) is 2.85. The van der Waals surface area contributed by atoms with E-state index in [0.29, 0.717) is 23.4 Å². The quantitative estimate of drug-likeness (QED) is 0.933. The molecule has 1 aliphatic heterocycles. The molecular weight excluding hydrogens is 286 g/mol. The van der Waals surface area contributed by atoms with Crippen LogP contribution >= 0.6 is 0 Å². The molecule has 2 aromatic rings. The molecule has 21 heavy (non-hydrogen) atoms. The molecule has 1 saturated heterocycles. The Morgan fingerprint density at radius 1 is 1.33 bits per heavy atom. The summed E-state index contributed by atoms with van der Waals surface area (Å²) in [6, 6.07) is 7.00. The minimum atomic E-state index is -3.49. The van der Waals surface area contributed by atoms with Crippen molar-refractivity contribution in [2.75, 3.05) is 13.1 Å². The van der Waals surface area contributed by atoms with Crippen LogP contribution in [-0.2, 0) is 10.0 Å². The van der Waals surface area contributed by atoms with Crippen LogP contribution in [-0.4, -0.2) is 36.3 Å². The molecule has 112 valence electrons. The summed E-state index contributed by atoms with van der Waals surface area (Å²) in [7, 11) is -3.49. The highest BCUT2D eigenvalue weighted by Gasteiger charge is 2.45. The van der Waals surface area contributed by atoms with Crippen molar-refractivity contribution in [1.29, 1.82) is 0 Å². The molecule has 0 unspecified atom stereocenters. The monoisotopic (exact) mass is 305 g/mol. The van der Waals surface area contributed by atoms with Gasteiger partial charge in [0, 0.05) is 41.8 Å². The first-order chi connectivity index (χ1) is 9.96. The van der Waals surface area contributed by atoms with Gasteiger partial charge in [-0.2, -0.15) is 4.31 Å². The van der Waals surface area contributed by atoms with Crippen molar-refractivity contribution < 1.29 is 8.42 Å². The van der Waals surface area contributed by atoms with Crippen molar-refractivity contribution in [3.8, 4) is 0 Å². The number of hydrogen-bond acceptors (Lipinski definition) is 4. The molecule has 0 atom stereocenters. The first kappa shape index (κ1) is 14.4. The van der Waals surface area contributed by atoms with Crippen LogP contribution in [0.5, 0.6) is 0 Å². The van der Waals surface area contributed by atoms with Crippen LogP contribution in [0.4, 0.5) is 0 Å². The van der Waals surface area contributed by atoms with Gasteiger partial charge in [0.15, 0.2) is 0 Å². The molecular formula is C15H19N3O2S. The molecule has 1 aromatic heterocycles. The third kappa shape index (κ3) is 2.43. The number of benzene rings is 1. The number of rotatable bonds is 4. The van der Waals surface area contributed by atoms with Crippen LogP contribution in [0.25, 0.3) is 10.8 Å². The first-order valence-corrected chi connectivity index (χ1v) is 8.52. The molecule has 0 aliphatic carbocycles. The second-order valence-electron chi connectivity index (χ2n) is 5.74. The Hall–Kier alpha value is -1.50. The molecule has 1 aromatic carbocycles. The average molecular weight is 305 g/mol. The van der Waals surface area contributed by atoms with Gasteiger partial charge >= 0.3 is 0 Å². The topological polar surface area (TPSA) is 76.3 Å². The number of nitrogens with two attached hydrogens (primary N) is 1. The Kier molecular flexibility index (Phi) is 3.47. The zero-order chi connectivity index (χ0) is 15.1. The first-order valence-electron chi connectivity index (χ1n) is 7.08. The summed E-state index contributed by atoms with van der Waals surface area (Å²) in [6.07, 6.45) is 5.10. The van der Waals surface area contributed by atoms with E-state index < -0.39 is 10.0 Å². The lowest BCUT2D eigenvalue weighted by molar-refractivity contribution is 0.147. The highest BCUT2D eigenvalue weighted by Crippen LogP contribution is 2.32. The molecule has 2 heterocycles. The van der Waals surface area contributed by atoms with Crippen molar-refractivity contribution in [3.63, 3.8) is 0 Å². The van der Waals surface area contributed by atoms with Crippen LogP contribution in [0.3, 0.4) is 0 Å². The number of hydrogen-bond donors (Lipinski definition) is 1. The van der Waals surface area contributed by atoms with Gasteiger partial charge in [0.1, 0.15) is 0 Å². The standard InChI is InChI=1S/C15H19N3O2S/c1-2-7-15(16)10-18(11-15)21(19,20)14-5-3-4-12-9-17-8-6-13(12)14/h3-6,8-9H,2,7,10-11,16H2,1H3. The minimum absolute atomic E-state index is 0.334. The van der Waals surface area contributed by atoms with Gasteiger partial charge in [-0.15, -0.1) is 0 Å². The van der Waals surface area contributed by atoms with Gasteiger partial charge in [0.2, 0.25) is 10.0 Å². The summed E-state index contributed by atoms with van der Waals surface area (Å²) in [5.41, 5.74) is 5.81. The third-order valence-electron chi connectivity index (χ3n) is 3.99. The smallest absolute Gasteiger partial charge is 0.243 e. The summed E-state index contributed by atoms with van der Waals surface area (Å²) < 4.78 is 27.0. The van der Waals surface area contributed by atoms with Crippen LogP contribution < -0.4 is 5.73 Å². The lowest BCUT2D eigenvalue weighted by Gasteiger charge is -2.46. The number of sulfonamides is 1. The summed E-state index contributed by atoms with van der Waals surface area (Å²) in [5, 5.41) is 1.53. The normalized spacial score (nSPS) is 18.6. The van der Waals surface area contributed by atoms with Gasteiger partial charge in [-0.05, 0) is 18.6 Å². The highest BCUT2D eigenvalue weighted by atomic mass is 32.2. The van der Waals surface area contributed by atoms with Crippen molar-refractivity contribution in [1.82, 2.24) is 9.29 Å². The van der Waals surface area contributed by atoms with Gasteiger partial charge < -0.3 is 5.73 Å². The second-order valence-corrected chi connectivity index (χ2v) is 7.64. The van der Waals surface area contributed by atoms with Gasteiger partial charge in [-0.25, -0.2) is 8.42 Å². The van der Waals surface area contributed by atoms with Crippen molar-refractivity contribution in [2.45, 2.75) is 30.2 Å². The van der Waals surface area contributed by atoms with Gasteiger partial charge in [0.05, 0.1) is 4.90 Å². The zero-order valence-electron chi connectivity index (χ0n) is 12.0.